The second kappa shape index (κ2) is 6.61. The Hall–Kier alpha value is -2.60. The second-order valence-corrected chi connectivity index (χ2v) is 7.24. The van der Waals surface area contributed by atoms with Gasteiger partial charge in [0.15, 0.2) is 5.76 Å². The van der Waals surface area contributed by atoms with Crippen LogP contribution in [0.2, 0.25) is 0 Å². The first-order chi connectivity index (χ1) is 12.5. The number of amides is 1. The van der Waals surface area contributed by atoms with Crippen molar-refractivity contribution in [1.82, 2.24) is 19.6 Å². The van der Waals surface area contributed by atoms with Crippen LogP contribution in [0.15, 0.2) is 40.9 Å². The van der Waals surface area contributed by atoms with E-state index in [1.165, 1.54) is 0 Å². The standard InChI is InChI=1S/C20H24N4O2/c1-14-17-6-4-5-7-18(17)26-19(14)20(25)23-13-16-8-10-21-24(16)11-9-15(23)12-22(2)3/h4-8,10,15H,9,11-13H2,1-3H3. The van der Waals surface area contributed by atoms with E-state index in [2.05, 4.69) is 10.00 Å². The number of fused-ring (bicyclic) bond motifs is 2. The lowest BCUT2D eigenvalue weighted by molar-refractivity contribution is 0.0595. The maximum Gasteiger partial charge on any atom is 0.290 e. The molecule has 0 fully saturated rings. The topological polar surface area (TPSA) is 54.5 Å². The van der Waals surface area contributed by atoms with Gasteiger partial charge in [-0.1, -0.05) is 18.2 Å². The van der Waals surface area contributed by atoms with Crippen LogP contribution in [0, 0.1) is 6.92 Å². The van der Waals surface area contributed by atoms with Crippen molar-refractivity contribution >= 4 is 16.9 Å². The Balaban J connectivity index is 1.73. The van der Waals surface area contributed by atoms with E-state index in [9.17, 15) is 4.79 Å². The lowest BCUT2D eigenvalue weighted by Crippen LogP contribution is -2.44. The van der Waals surface area contributed by atoms with Gasteiger partial charge >= 0.3 is 0 Å². The largest absolute Gasteiger partial charge is 0.451 e. The Morgan fingerprint density at radius 2 is 2.12 bits per heavy atom. The number of para-hydroxylation sites is 1. The van der Waals surface area contributed by atoms with Crippen molar-refractivity contribution in [3.63, 3.8) is 0 Å². The molecule has 2 aromatic heterocycles. The number of furan rings is 1. The number of hydrogen-bond acceptors (Lipinski definition) is 4. The van der Waals surface area contributed by atoms with Crippen LogP contribution in [-0.4, -0.2) is 52.2 Å². The van der Waals surface area contributed by atoms with Gasteiger partial charge in [0.1, 0.15) is 5.58 Å². The second-order valence-electron chi connectivity index (χ2n) is 7.24. The van der Waals surface area contributed by atoms with E-state index < -0.39 is 0 Å². The minimum Gasteiger partial charge on any atom is -0.451 e. The molecule has 0 aliphatic carbocycles. The molecular formula is C20H24N4O2. The first-order valence-electron chi connectivity index (χ1n) is 8.99. The van der Waals surface area contributed by atoms with Gasteiger partial charge in [0.05, 0.1) is 12.2 Å². The van der Waals surface area contributed by atoms with Crippen molar-refractivity contribution in [2.75, 3.05) is 20.6 Å². The van der Waals surface area contributed by atoms with Crippen LogP contribution in [0.1, 0.15) is 28.2 Å². The van der Waals surface area contributed by atoms with Crippen LogP contribution in [0.4, 0.5) is 0 Å². The van der Waals surface area contributed by atoms with Gasteiger partial charge < -0.3 is 14.2 Å². The maximum atomic E-state index is 13.5. The highest BCUT2D eigenvalue weighted by Gasteiger charge is 2.32. The number of nitrogens with zero attached hydrogens (tertiary/aromatic N) is 4. The zero-order valence-electron chi connectivity index (χ0n) is 15.5. The number of carbonyl (C=O) groups excluding carboxylic acids is 1. The molecule has 0 N–H and O–H groups in total. The summed E-state index contributed by atoms with van der Waals surface area (Å²) in [6.45, 7) is 4.15. The Kier molecular flexibility index (Phi) is 4.28. The highest BCUT2D eigenvalue weighted by atomic mass is 16.3. The Labute approximate surface area is 153 Å². The predicted octanol–water partition coefficient (Wildman–Crippen LogP) is 2.91. The number of carbonyl (C=O) groups is 1. The van der Waals surface area contributed by atoms with Gasteiger partial charge in [-0.25, -0.2) is 0 Å². The highest BCUT2D eigenvalue weighted by Crippen LogP contribution is 2.28. The number of benzene rings is 1. The van der Waals surface area contributed by atoms with Crippen LogP contribution in [-0.2, 0) is 13.1 Å². The zero-order valence-corrected chi connectivity index (χ0v) is 15.5. The van der Waals surface area contributed by atoms with E-state index in [0.29, 0.717) is 12.3 Å². The average Bonchev–Trinajstić information content (AvgIpc) is 3.16. The number of hydrogen-bond donors (Lipinski definition) is 0. The van der Waals surface area contributed by atoms with E-state index in [1.807, 2.05) is 60.9 Å². The fourth-order valence-electron chi connectivity index (χ4n) is 3.78. The Morgan fingerprint density at radius 1 is 1.31 bits per heavy atom. The van der Waals surface area contributed by atoms with Gasteiger partial charge in [0.25, 0.3) is 5.91 Å². The normalized spacial score (nSPS) is 17.5. The molecule has 0 bridgehead atoms. The van der Waals surface area contributed by atoms with Crippen LogP contribution in [0.5, 0.6) is 0 Å². The SMILES string of the molecule is Cc1c(C(=O)N2Cc3ccnn3CCC2CN(C)C)oc2ccccc12. The van der Waals surface area contributed by atoms with Crippen LogP contribution >= 0.6 is 0 Å². The Bertz CT molecular complexity index is 940. The summed E-state index contributed by atoms with van der Waals surface area (Å²) in [5, 5.41) is 5.39. The predicted molar refractivity (Wildman–Crippen MR) is 100 cm³/mol. The molecule has 136 valence electrons. The van der Waals surface area contributed by atoms with E-state index in [4.69, 9.17) is 4.42 Å². The third kappa shape index (κ3) is 2.90. The van der Waals surface area contributed by atoms with Gasteiger partial charge in [-0.2, -0.15) is 5.10 Å². The maximum absolute atomic E-state index is 13.5. The summed E-state index contributed by atoms with van der Waals surface area (Å²) in [4.78, 5) is 17.5. The third-order valence-corrected chi connectivity index (χ3v) is 5.13. The summed E-state index contributed by atoms with van der Waals surface area (Å²) >= 11 is 0. The van der Waals surface area contributed by atoms with Gasteiger partial charge in [-0.05, 0) is 39.6 Å². The van der Waals surface area contributed by atoms with Crippen molar-refractivity contribution in [3.8, 4) is 0 Å². The fourth-order valence-corrected chi connectivity index (χ4v) is 3.78. The first kappa shape index (κ1) is 16.8. The van der Waals surface area contributed by atoms with Gasteiger partial charge in [-0.15, -0.1) is 0 Å². The molecule has 3 aromatic rings. The number of likely N-dealkylation sites (N-methyl/N-ethyl adjacent to an activating group) is 1. The number of aromatic nitrogens is 2. The molecule has 4 rings (SSSR count). The van der Waals surface area contributed by atoms with Crippen molar-refractivity contribution in [2.45, 2.75) is 32.5 Å². The van der Waals surface area contributed by atoms with Gasteiger partial charge in [-0.3, -0.25) is 9.48 Å². The summed E-state index contributed by atoms with van der Waals surface area (Å²) in [5.74, 6) is 0.406. The van der Waals surface area contributed by atoms with Crippen LogP contribution < -0.4 is 0 Å². The van der Waals surface area contributed by atoms with Crippen molar-refractivity contribution in [2.24, 2.45) is 0 Å². The molecule has 6 nitrogen and oxygen atoms in total. The molecule has 1 atom stereocenters. The molecule has 1 unspecified atom stereocenters. The molecule has 0 saturated heterocycles. The lowest BCUT2D eigenvalue weighted by atomic mass is 10.1. The molecule has 0 saturated carbocycles. The molecule has 1 amide bonds. The first-order valence-corrected chi connectivity index (χ1v) is 8.99. The quantitative estimate of drug-likeness (QED) is 0.727. The molecular weight excluding hydrogens is 328 g/mol. The molecule has 0 spiro atoms. The average molecular weight is 352 g/mol. The molecule has 1 aliphatic heterocycles. The van der Waals surface area contributed by atoms with Crippen molar-refractivity contribution in [3.05, 3.63) is 53.5 Å². The summed E-state index contributed by atoms with van der Waals surface area (Å²) in [7, 11) is 4.08. The summed E-state index contributed by atoms with van der Waals surface area (Å²) < 4.78 is 7.95. The molecule has 1 aliphatic rings. The molecule has 0 radical (unpaired) electrons. The highest BCUT2D eigenvalue weighted by molar-refractivity contribution is 5.99. The molecule has 26 heavy (non-hydrogen) atoms. The number of aryl methyl sites for hydroxylation is 2. The van der Waals surface area contributed by atoms with Gasteiger partial charge in [0.2, 0.25) is 0 Å². The smallest absolute Gasteiger partial charge is 0.290 e. The molecule has 3 heterocycles. The van der Waals surface area contributed by atoms with Crippen LogP contribution in [0.3, 0.4) is 0 Å². The van der Waals surface area contributed by atoms with Crippen molar-refractivity contribution in [1.29, 1.82) is 0 Å². The molecule has 6 heteroatoms. The minimum absolute atomic E-state index is 0.0415. The van der Waals surface area contributed by atoms with E-state index in [0.717, 1.165) is 41.7 Å². The minimum atomic E-state index is -0.0415. The fraction of sp³-hybridized carbons (Fsp3) is 0.400. The summed E-state index contributed by atoms with van der Waals surface area (Å²) in [5.41, 5.74) is 2.73. The Morgan fingerprint density at radius 3 is 2.88 bits per heavy atom. The lowest BCUT2D eigenvalue weighted by Gasteiger charge is -2.31. The van der Waals surface area contributed by atoms with E-state index in [-0.39, 0.29) is 11.9 Å². The molecule has 1 aromatic carbocycles. The van der Waals surface area contributed by atoms with E-state index >= 15 is 0 Å². The zero-order chi connectivity index (χ0) is 18.3. The van der Waals surface area contributed by atoms with Gasteiger partial charge in [0, 0.05) is 36.3 Å². The number of rotatable bonds is 3. The third-order valence-electron chi connectivity index (χ3n) is 5.13. The summed E-state index contributed by atoms with van der Waals surface area (Å²) in [6.07, 6.45) is 2.68. The van der Waals surface area contributed by atoms with E-state index in [1.54, 1.807) is 6.20 Å². The van der Waals surface area contributed by atoms with Crippen LogP contribution in [0.25, 0.3) is 11.0 Å². The monoisotopic (exact) mass is 352 g/mol. The van der Waals surface area contributed by atoms with Crippen molar-refractivity contribution < 1.29 is 9.21 Å². The summed E-state index contributed by atoms with van der Waals surface area (Å²) in [6, 6.07) is 9.92.